The molecule has 0 aromatic heterocycles. The van der Waals surface area contributed by atoms with Gasteiger partial charge in [-0.15, -0.1) is 0 Å². The quantitative estimate of drug-likeness (QED) is 0.763. The van der Waals surface area contributed by atoms with E-state index >= 15 is 0 Å². The minimum absolute atomic E-state index is 0.0200. The Labute approximate surface area is 90.0 Å². The van der Waals surface area contributed by atoms with E-state index in [0.29, 0.717) is 6.61 Å². The molecule has 0 bridgehead atoms. The van der Waals surface area contributed by atoms with Crippen LogP contribution in [-0.2, 0) is 9.53 Å². The summed E-state index contributed by atoms with van der Waals surface area (Å²) < 4.78 is 9.34. The number of esters is 1. The standard InChI is InChI=1S/C7H8O.C4H9NO2/c1-8-7-5-3-2-4-6-7;1-2-7-4(6)3-5/h2-6H,1H3;2-3,5H2,1H3. The molecule has 0 aliphatic rings. The molecule has 0 radical (unpaired) electrons. The fraction of sp³-hybridized carbons (Fsp3) is 0.364. The first-order chi connectivity index (χ1) is 7.24. The monoisotopic (exact) mass is 211 g/mol. The van der Waals surface area contributed by atoms with E-state index in [1.165, 1.54) is 0 Å². The summed E-state index contributed by atoms with van der Waals surface area (Å²) in [5.74, 6) is 0.565. The highest BCUT2D eigenvalue weighted by atomic mass is 16.5. The Kier molecular flexibility index (Phi) is 8.09. The Balaban J connectivity index is 0.000000265. The van der Waals surface area contributed by atoms with Crippen LogP contribution in [0.5, 0.6) is 5.75 Å². The zero-order valence-corrected chi connectivity index (χ0v) is 9.10. The van der Waals surface area contributed by atoms with Crippen LogP contribution in [0, 0.1) is 0 Å². The van der Waals surface area contributed by atoms with Gasteiger partial charge in [0.15, 0.2) is 0 Å². The topological polar surface area (TPSA) is 61.5 Å². The fourth-order valence-corrected chi connectivity index (χ4v) is 0.776. The van der Waals surface area contributed by atoms with Crippen LogP contribution in [0.1, 0.15) is 6.92 Å². The van der Waals surface area contributed by atoms with Crippen molar-refractivity contribution < 1.29 is 14.3 Å². The molecule has 1 aromatic rings. The predicted octanol–water partition coefficient (Wildman–Crippen LogP) is 1.20. The lowest BCUT2D eigenvalue weighted by Crippen LogP contribution is -2.16. The van der Waals surface area contributed by atoms with E-state index in [2.05, 4.69) is 4.74 Å². The first-order valence-electron chi connectivity index (χ1n) is 4.69. The molecule has 0 saturated carbocycles. The van der Waals surface area contributed by atoms with E-state index in [1.54, 1.807) is 14.0 Å². The van der Waals surface area contributed by atoms with E-state index in [0.717, 1.165) is 5.75 Å². The number of rotatable bonds is 3. The first kappa shape index (κ1) is 13.4. The Morgan fingerprint density at radius 3 is 2.20 bits per heavy atom. The van der Waals surface area contributed by atoms with Crippen molar-refractivity contribution in [2.45, 2.75) is 6.92 Å². The Hall–Kier alpha value is -1.55. The van der Waals surface area contributed by atoms with Gasteiger partial charge in [0, 0.05) is 0 Å². The zero-order chi connectivity index (χ0) is 11.5. The van der Waals surface area contributed by atoms with E-state index in [9.17, 15) is 4.79 Å². The lowest BCUT2D eigenvalue weighted by Gasteiger charge is -1.93. The molecule has 0 atom stereocenters. The maximum Gasteiger partial charge on any atom is 0.319 e. The van der Waals surface area contributed by atoms with E-state index in [-0.39, 0.29) is 12.5 Å². The van der Waals surface area contributed by atoms with Gasteiger partial charge in [0.2, 0.25) is 0 Å². The fourth-order valence-electron chi connectivity index (χ4n) is 0.776. The van der Waals surface area contributed by atoms with Gasteiger partial charge in [-0.25, -0.2) is 0 Å². The second-order valence-corrected chi connectivity index (χ2v) is 2.53. The number of carbonyl (C=O) groups is 1. The summed E-state index contributed by atoms with van der Waals surface area (Å²) in [4.78, 5) is 10.1. The average molecular weight is 211 g/mol. The summed E-state index contributed by atoms with van der Waals surface area (Å²) in [5.41, 5.74) is 4.88. The van der Waals surface area contributed by atoms with Gasteiger partial charge in [-0.1, -0.05) is 18.2 Å². The SMILES string of the molecule is CCOC(=O)CN.COc1ccccc1. The number of benzene rings is 1. The highest BCUT2D eigenvalue weighted by Crippen LogP contribution is 2.05. The maximum atomic E-state index is 10.1. The highest BCUT2D eigenvalue weighted by molar-refractivity contribution is 5.71. The van der Waals surface area contributed by atoms with Crippen LogP contribution in [0.3, 0.4) is 0 Å². The summed E-state index contributed by atoms with van der Waals surface area (Å²) in [6, 6.07) is 9.68. The van der Waals surface area contributed by atoms with Crippen LogP contribution in [0.2, 0.25) is 0 Å². The van der Waals surface area contributed by atoms with Crippen molar-refractivity contribution >= 4 is 5.97 Å². The molecule has 4 nitrogen and oxygen atoms in total. The molecule has 0 amide bonds. The number of nitrogens with two attached hydrogens (primary N) is 1. The van der Waals surface area contributed by atoms with Crippen molar-refractivity contribution in [1.29, 1.82) is 0 Å². The van der Waals surface area contributed by atoms with E-state index in [1.807, 2.05) is 30.3 Å². The van der Waals surface area contributed by atoms with Gasteiger partial charge >= 0.3 is 5.97 Å². The van der Waals surface area contributed by atoms with Crippen molar-refractivity contribution in [1.82, 2.24) is 0 Å². The minimum Gasteiger partial charge on any atom is -0.497 e. The van der Waals surface area contributed by atoms with Gasteiger partial charge in [-0.2, -0.15) is 0 Å². The summed E-state index contributed by atoms with van der Waals surface area (Å²) in [6.07, 6.45) is 0. The van der Waals surface area contributed by atoms with Crippen LogP contribution >= 0.6 is 0 Å². The molecule has 0 fully saturated rings. The van der Waals surface area contributed by atoms with Crippen LogP contribution in [-0.4, -0.2) is 26.2 Å². The van der Waals surface area contributed by atoms with Crippen LogP contribution in [0.25, 0.3) is 0 Å². The van der Waals surface area contributed by atoms with Crippen LogP contribution < -0.4 is 10.5 Å². The summed E-state index contributed by atoms with van der Waals surface area (Å²) >= 11 is 0. The zero-order valence-electron chi connectivity index (χ0n) is 9.10. The summed E-state index contributed by atoms with van der Waals surface area (Å²) in [5, 5.41) is 0. The molecule has 2 N–H and O–H groups in total. The molecular formula is C11H17NO3. The molecule has 0 aliphatic carbocycles. The Morgan fingerprint density at radius 1 is 1.33 bits per heavy atom. The molecule has 1 aromatic carbocycles. The van der Waals surface area contributed by atoms with E-state index in [4.69, 9.17) is 10.5 Å². The van der Waals surface area contributed by atoms with E-state index < -0.39 is 0 Å². The number of methoxy groups -OCH3 is 1. The molecule has 84 valence electrons. The molecule has 0 unspecified atom stereocenters. The third kappa shape index (κ3) is 7.52. The largest absolute Gasteiger partial charge is 0.497 e. The minimum atomic E-state index is -0.345. The van der Waals surface area contributed by atoms with Crippen molar-refractivity contribution in [3.05, 3.63) is 30.3 Å². The lowest BCUT2D eigenvalue weighted by atomic mass is 10.3. The molecule has 15 heavy (non-hydrogen) atoms. The Morgan fingerprint density at radius 2 is 1.93 bits per heavy atom. The average Bonchev–Trinajstić information content (AvgIpc) is 2.31. The second-order valence-electron chi connectivity index (χ2n) is 2.53. The summed E-state index contributed by atoms with van der Waals surface area (Å²) in [6.45, 7) is 2.14. The van der Waals surface area contributed by atoms with Crippen LogP contribution in [0.15, 0.2) is 30.3 Å². The van der Waals surface area contributed by atoms with Gasteiger partial charge in [0.05, 0.1) is 20.3 Å². The van der Waals surface area contributed by atoms with Crippen molar-refractivity contribution in [2.24, 2.45) is 5.73 Å². The van der Waals surface area contributed by atoms with Gasteiger partial charge < -0.3 is 15.2 Å². The van der Waals surface area contributed by atoms with Crippen molar-refractivity contribution in [3.63, 3.8) is 0 Å². The normalized spacial score (nSPS) is 8.47. The smallest absolute Gasteiger partial charge is 0.319 e. The first-order valence-corrected chi connectivity index (χ1v) is 4.69. The predicted molar refractivity (Wildman–Crippen MR) is 58.7 cm³/mol. The molecular weight excluding hydrogens is 194 g/mol. The second kappa shape index (κ2) is 9.02. The molecule has 0 heterocycles. The van der Waals surface area contributed by atoms with Gasteiger partial charge in [-0.3, -0.25) is 4.79 Å². The highest BCUT2D eigenvalue weighted by Gasteiger charge is 1.91. The number of ether oxygens (including phenoxy) is 2. The number of para-hydroxylation sites is 1. The lowest BCUT2D eigenvalue weighted by molar-refractivity contribution is -0.141. The Bertz CT molecular complexity index is 262. The number of hydrogen-bond donors (Lipinski definition) is 1. The number of carbonyl (C=O) groups excluding carboxylic acids is 1. The van der Waals surface area contributed by atoms with Gasteiger partial charge in [0.25, 0.3) is 0 Å². The molecule has 4 heteroatoms. The van der Waals surface area contributed by atoms with Crippen LogP contribution in [0.4, 0.5) is 0 Å². The number of hydrogen-bond acceptors (Lipinski definition) is 4. The van der Waals surface area contributed by atoms with Crippen molar-refractivity contribution in [3.8, 4) is 5.75 Å². The van der Waals surface area contributed by atoms with Gasteiger partial charge in [0.1, 0.15) is 5.75 Å². The third-order valence-corrected chi connectivity index (χ3v) is 1.45. The molecule has 0 saturated heterocycles. The summed E-state index contributed by atoms with van der Waals surface area (Å²) in [7, 11) is 1.66. The third-order valence-electron chi connectivity index (χ3n) is 1.45. The van der Waals surface area contributed by atoms with Crippen molar-refractivity contribution in [2.75, 3.05) is 20.3 Å². The molecule has 0 aliphatic heterocycles. The molecule has 1 rings (SSSR count). The van der Waals surface area contributed by atoms with Gasteiger partial charge in [-0.05, 0) is 19.1 Å². The maximum absolute atomic E-state index is 10.1. The molecule has 0 spiro atoms.